The predicted octanol–water partition coefficient (Wildman–Crippen LogP) is 1.92. The summed E-state index contributed by atoms with van der Waals surface area (Å²) in [5, 5.41) is 6.42. The van der Waals surface area contributed by atoms with E-state index in [2.05, 4.69) is 31.5 Å². The van der Waals surface area contributed by atoms with Gasteiger partial charge in [0.25, 0.3) is 0 Å². The van der Waals surface area contributed by atoms with Crippen LogP contribution in [0.5, 0.6) is 0 Å². The molecule has 2 bridgehead atoms. The van der Waals surface area contributed by atoms with E-state index in [1.807, 2.05) is 12.1 Å². The second-order valence-corrected chi connectivity index (χ2v) is 5.47. The molecule has 1 amide bonds. The van der Waals surface area contributed by atoms with Crippen molar-refractivity contribution >= 4 is 27.5 Å². The van der Waals surface area contributed by atoms with Crippen molar-refractivity contribution in [2.75, 3.05) is 5.32 Å². The minimum Gasteiger partial charge on any atom is -0.323 e. The smallest absolute Gasteiger partial charge is 0.229 e. The largest absolute Gasteiger partial charge is 0.323 e. The number of aromatic nitrogens is 1. The van der Waals surface area contributed by atoms with Gasteiger partial charge in [0.05, 0.1) is 11.6 Å². The van der Waals surface area contributed by atoms with E-state index in [9.17, 15) is 4.79 Å². The van der Waals surface area contributed by atoms with Gasteiger partial charge in [-0.2, -0.15) is 0 Å². The molecule has 90 valence electrons. The first-order chi connectivity index (χ1) is 8.24. The minimum atomic E-state index is 0.110. The lowest BCUT2D eigenvalue weighted by Crippen LogP contribution is -2.32. The topological polar surface area (TPSA) is 54.0 Å². The summed E-state index contributed by atoms with van der Waals surface area (Å²) in [6, 6.07) is 4.60. The molecule has 0 aromatic carbocycles. The molecule has 2 aliphatic rings. The summed E-state index contributed by atoms with van der Waals surface area (Å²) < 4.78 is 0.685. The van der Waals surface area contributed by atoms with E-state index in [1.165, 1.54) is 6.42 Å². The predicted molar refractivity (Wildman–Crippen MR) is 68.6 cm³/mol. The van der Waals surface area contributed by atoms with Crippen LogP contribution in [0.15, 0.2) is 22.9 Å². The molecule has 0 spiro atoms. The standard InChI is InChI=1S/C12H14BrN3O/c13-11-10(2-1-5-14-11)16-12(17)8-6-7-3-4-9(8)15-7/h1-2,5,7-9,15H,3-4,6H2,(H,16,17). The second kappa shape index (κ2) is 4.38. The van der Waals surface area contributed by atoms with Crippen LogP contribution in [0.1, 0.15) is 19.3 Å². The highest BCUT2D eigenvalue weighted by Gasteiger charge is 2.42. The molecule has 17 heavy (non-hydrogen) atoms. The van der Waals surface area contributed by atoms with Gasteiger partial charge in [0, 0.05) is 18.3 Å². The van der Waals surface area contributed by atoms with Gasteiger partial charge in [-0.3, -0.25) is 4.79 Å². The number of nitrogens with zero attached hydrogens (tertiary/aromatic N) is 1. The van der Waals surface area contributed by atoms with Gasteiger partial charge in [-0.25, -0.2) is 4.98 Å². The van der Waals surface area contributed by atoms with Crippen molar-refractivity contribution in [1.82, 2.24) is 10.3 Å². The number of pyridine rings is 1. The van der Waals surface area contributed by atoms with Crippen molar-refractivity contribution in [3.63, 3.8) is 0 Å². The molecule has 0 radical (unpaired) electrons. The van der Waals surface area contributed by atoms with E-state index in [-0.39, 0.29) is 11.8 Å². The summed E-state index contributed by atoms with van der Waals surface area (Å²) in [4.78, 5) is 16.3. The number of amides is 1. The highest BCUT2D eigenvalue weighted by Crippen LogP contribution is 2.34. The average molecular weight is 296 g/mol. The van der Waals surface area contributed by atoms with E-state index in [4.69, 9.17) is 0 Å². The maximum absolute atomic E-state index is 12.2. The van der Waals surface area contributed by atoms with Crippen LogP contribution in [-0.4, -0.2) is 23.0 Å². The molecule has 2 fully saturated rings. The molecular formula is C12H14BrN3O. The maximum atomic E-state index is 12.2. The zero-order valence-corrected chi connectivity index (χ0v) is 10.9. The Morgan fingerprint density at radius 2 is 2.41 bits per heavy atom. The molecule has 0 aliphatic carbocycles. The molecule has 1 aromatic rings. The number of halogens is 1. The van der Waals surface area contributed by atoms with E-state index in [1.54, 1.807) is 6.20 Å². The van der Waals surface area contributed by atoms with Gasteiger partial charge in [0.1, 0.15) is 4.60 Å². The number of anilines is 1. The monoisotopic (exact) mass is 295 g/mol. The van der Waals surface area contributed by atoms with Crippen LogP contribution in [0.2, 0.25) is 0 Å². The van der Waals surface area contributed by atoms with Crippen LogP contribution in [0.3, 0.4) is 0 Å². The Hall–Kier alpha value is -0.940. The van der Waals surface area contributed by atoms with E-state index in [0.717, 1.165) is 18.5 Å². The molecule has 2 N–H and O–H groups in total. The van der Waals surface area contributed by atoms with Crippen molar-refractivity contribution in [3.05, 3.63) is 22.9 Å². The first kappa shape index (κ1) is 11.2. The Labute approximate surface area is 108 Å². The average Bonchev–Trinajstić information content (AvgIpc) is 2.94. The Balaban J connectivity index is 1.70. The first-order valence-corrected chi connectivity index (χ1v) is 6.71. The van der Waals surface area contributed by atoms with Gasteiger partial charge in [0.2, 0.25) is 5.91 Å². The van der Waals surface area contributed by atoms with E-state index in [0.29, 0.717) is 16.7 Å². The number of hydrogen-bond donors (Lipinski definition) is 2. The Kier molecular flexibility index (Phi) is 2.88. The summed E-state index contributed by atoms with van der Waals surface area (Å²) in [5.74, 6) is 0.222. The normalized spacial score (nSPS) is 30.5. The summed E-state index contributed by atoms with van der Waals surface area (Å²) >= 11 is 3.33. The third-order valence-electron chi connectivity index (χ3n) is 3.65. The number of carbonyl (C=O) groups is 1. The summed E-state index contributed by atoms with van der Waals surface area (Å²) in [6.45, 7) is 0. The zero-order valence-electron chi connectivity index (χ0n) is 9.32. The number of hydrogen-bond acceptors (Lipinski definition) is 3. The lowest BCUT2D eigenvalue weighted by atomic mass is 9.88. The molecule has 4 nitrogen and oxygen atoms in total. The summed E-state index contributed by atoms with van der Waals surface area (Å²) in [6.07, 6.45) is 5.00. The Bertz CT molecular complexity index is 451. The summed E-state index contributed by atoms with van der Waals surface area (Å²) in [7, 11) is 0. The molecule has 5 heteroatoms. The molecule has 3 unspecified atom stereocenters. The fourth-order valence-electron chi connectivity index (χ4n) is 2.82. The molecule has 3 atom stereocenters. The van der Waals surface area contributed by atoms with Crippen molar-refractivity contribution in [1.29, 1.82) is 0 Å². The van der Waals surface area contributed by atoms with Crippen LogP contribution in [-0.2, 0) is 4.79 Å². The van der Waals surface area contributed by atoms with Gasteiger partial charge >= 0.3 is 0 Å². The number of nitrogens with one attached hydrogen (secondary N) is 2. The SMILES string of the molecule is O=C(Nc1cccnc1Br)C1CC2CCC1N2. The van der Waals surface area contributed by atoms with Crippen molar-refractivity contribution < 1.29 is 4.79 Å². The molecule has 0 saturated carbocycles. The highest BCUT2D eigenvalue weighted by molar-refractivity contribution is 9.10. The van der Waals surface area contributed by atoms with Gasteiger partial charge in [-0.1, -0.05) is 0 Å². The van der Waals surface area contributed by atoms with Crippen molar-refractivity contribution in [3.8, 4) is 0 Å². The lowest BCUT2D eigenvalue weighted by molar-refractivity contribution is -0.120. The van der Waals surface area contributed by atoms with Crippen LogP contribution < -0.4 is 10.6 Å². The quantitative estimate of drug-likeness (QED) is 0.820. The van der Waals surface area contributed by atoms with E-state index >= 15 is 0 Å². The van der Waals surface area contributed by atoms with Crippen LogP contribution in [0.25, 0.3) is 0 Å². The molecule has 2 aliphatic heterocycles. The van der Waals surface area contributed by atoms with Gasteiger partial charge in [-0.15, -0.1) is 0 Å². The lowest BCUT2D eigenvalue weighted by Gasteiger charge is -2.19. The summed E-state index contributed by atoms with van der Waals surface area (Å²) in [5.41, 5.74) is 0.750. The van der Waals surface area contributed by atoms with Gasteiger partial charge in [0.15, 0.2) is 0 Å². The number of carbonyl (C=O) groups excluding carboxylic acids is 1. The Morgan fingerprint density at radius 3 is 3.06 bits per heavy atom. The highest BCUT2D eigenvalue weighted by atomic mass is 79.9. The van der Waals surface area contributed by atoms with Crippen LogP contribution >= 0.6 is 15.9 Å². The molecular weight excluding hydrogens is 282 g/mol. The van der Waals surface area contributed by atoms with Gasteiger partial charge in [-0.05, 0) is 47.3 Å². The van der Waals surface area contributed by atoms with Gasteiger partial charge < -0.3 is 10.6 Å². The molecule has 2 saturated heterocycles. The van der Waals surface area contributed by atoms with Crippen molar-refractivity contribution in [2.45, 2.75) is 31.3 Å². The van der Waals surface area contributed by atoms with Crippen LogP contribution in [0.4, 0.5) is 5.69 Å². The molecule has 1 aromatic heterocycles. The van der Waals surface area contributed by atoms with Crippen molar-refractivity contribution in [2.24, 2.45) is 5.92 Å². The zero-order chi connectivity index (χ0) is 11.8. The maximum Gasteiger partial charge on any atom is 0.229 e. The van der Waals surface area contributed by atoms with E-state index < -0.39 is 0 Å². The second-order valence-electron chi connectivity index (χ2n) is 4.72. The molecule has 3 heterocycles. The minimum absolute atomic E-state index is 0.110. The number of rotatable bonds is 2. The number of fused-ring (bicyclic) bond motifs is 2. The fourth-order valence-corrected chi connectivity index (χ4v) is 3.17. The third-order valence-corrected chi connectivity index (χ3v) is 4.29. The Morgan fingerprint density at radius 1 is 1.53 bits per heavy atom. The first-order valence-electron chi connectivity index (χ1n) is 5.91. The van der Waals surface area contributed by atoms with Crippen LogP contribution in [0, 0.1) is 5.92 Å². The fraction of sp³-hybridized carbons (Fsp3) is 0.500. The third kappa shape index (κ3) is 2.09. The molecule has 3 rings (SSSR count).